The molecule has 30 heavy (non-hydrogen) atoms. The molecule has 1 aliphatic rings. The van der Waals surface area contributed by atoms with E-state index in [0.29, 0.717) is 5.92 Å². The van der Waals surface area contributed by atoms with Crippen LogP contribution in [0.4, 0.5) is 0 Å². The molecular weight excluding hydrogens is 374 g/mol. The molecule has 0 saturated heterocycles. The number of rotatable bonds is 14. The molecule has 0 fully saturated rings. The second kappa shape index (κ2) is 21.4. The van der Waals surface area contributed by atoms with Crippen molar-refractivity contribution in [2.24, 2.45) is 15.9 Å². The van der Waals surface area contributed by atoms with Crippen LogP contribution in [0.5, 0.6) is 0 Å². The molecule has 0 saturated carbocycles. The van der Waals surface area contributed by atoms with Gasteiger partial charge in [-0.1, -0.05) is 50.3 Å². The van der Waals surface area contributed by atoms with Crippen molar-refractivity contribution in [1.82, 2.24) is 4.90 Å². The van der Waals surface area contributed by atoms with Gasteiger partial charge in [0.25, 0.3) is 0 Å². The van der Waals surface area contributed by atoms with Gasteiger partial charge in [0, 0.05) is 43.7 Å². The molecule has 0 aromatic rings. The van der Waals surface area contributed by atoms with Crippen LogP contribution in [0.3, 0.4) is 0 Å². The summed E-state index contributed by atoms with van der Waals surface area (Å²) in [6, 6.07) is 0. The molecule has 5 heteroatoms. The number of unbranched alkanes of at least 4 members (excludes halogenated alkanes) is 2. The minimum atomic E-state index is -0.718. The number of aliphatic carboxylic acids is 1. The lowest BCUT2D eigenvalue weighted by Crippen LogP contribution is -2.24. The fourth-order valence-corrected chi connectivity index (χ4v) is 2.74. The minimum Gasteiger partial charge on any atom is -0.481 e. The SMILES string of the molecule is C/C=C/N=CC1C=CC=CC1.CCCN(CC)CC/C=C/N=CCCCCC(=O)O. The Hall–Kier alpha value is -2.27. The molecule has 0 aromatic carbocycles. The van der Waals surface area contributed by atoms with Gasteiger partial charge >= 0.3 is 5.97 Å². The molecule has 0 aromatic heterocycles. The van der Waals surface area contributed by atoms with Crippen molar-refractivity contribution < 1.29 is 9.90 Å². The number of nitrogens with zero attached hydrogens (tertiary/aromatic N) is 3. The Morgan fingerprint density at radius 2 is 1.97 bits per heavy atom. The van der Waals surface area contributed by atoms with Gasteiger partial charge in [0.05, 0.1) is 0 Å². The van der Waals surface area contributed by atoms with Crippen molar-refractivity contribution in [2.75, 3.05) is 19.6 Å². The van der Waals surface area contributed by atoms with Gasteiger partial charge in [-0.3, -0.25) is 14.8 Å². The molecule has 1 rings (SSSR count). The fourth-order valence-electron chi connectivity index (χ4n) is 2.74. The molecule has 0 bridgehead atoms. The summed E-state index contributed by atoms with van der Waals surface area (Å²) in [7, 11) is 0. The molecule has 0 aliphatic heterocycles. The first-order chi connectivity index (χ1) is 14.6. The van der Waals surface area contributed by atoms with Gasteiger partial charge in [-0.05, 0) is 58.5 Å². The van der Waals surface area contributed by atoms with Crippen molar-refractivity contribution in [3.8, 4) is 0 Å². The summed E-state index contributed by atoms with van der Waals surface area (Å²) in [5.41, 5.74) is 0. The quantitative estimate of drug-likeness (QED) is 0.277. The van der Waals surface area contributed by atoms with E-state index in [4.69, 9.17) is 5.11 Å². The van der Waals surface area contributed by atoms with Crippen LogP contribution in [-0.2, 0) is 4.79 Å². The van der Waals surface area contributed by atoms with Gasteiger partial charge in [-0.15, -0.1) is 0 Å². The topological polar surface area (TPSA) is 65.3 Å². The predicted molar refractivity (Wildman–Crippen MR) is 130 cm³/mol. The van der Waals surface area contributed by atoms with Crippen LogP contribution in [0.15, 0.2) is 58.8 Å². The van der Waals surface area contributed by atoms with Gasteiger partial charge < -0.3 is 10.0 Å². The van der Waals surface area contributed by atoms with Crippen molar-refractivity contribution in [3.05, 3.63) is 48.9 Å². The number of carboxylic acid groups (broad SMARTS) is 1. The lowest BCUT2D eigenvalue weighted by atomic mass is 10.0. The highest BCUT2D eigenvalue weighted by Crippen LogP contribution is 2.08. The van der Waals surface area contributed by atoms with E-state index in [1.54, 1.807) is 0 Å². The monoisotopic (exact) mass is 415 g/mol. The highest BCUT2D eigenvalue weighted by Gasteiger charge is 1.99. The molecule has 1 unspecified atom stereocenters. The Balaban J connectivity index is 0.000000642. The maximum atomic E-state index is 10.3. The van der Waals surface area contributed by atoms with E-state index in [9.17, 15) is 4.79 Å². The van der Waals surface area contributed by atoms with E-state index in [0.717, 1.165) is 51.7 Å². The predicted octanol–water partition coefficient (Wildman–Crippen LogP) is 6.06. The maximum Gasteiger partial charge on any atom is 0.303 e. The second-order valence-corrected chi connectivity index (χ2v) is 7.07. The number of aliphatic imine (C=N–C) groups is 2. The average Bonchev–Trinajstić information content (AvgIpc) is 2.75. The van der Waals surface area contributed by atoms with Crippen LogP contribution in [0, 0.1) is 5.92 Å². The zero-order valence-electron chi connectivity index (χ0n) is 19.1. The van der Waals surface area contributed by atoms with E-state index in [2.05, 4.69) is 59.1 Å². The van der Waals surface area contributed by atoms with Gasteiger partial charge in [0.1, 0.15) is 0 Å². The third-order valence-electron chi connectivity index (χ3n) is 4.40. The standard InChI is InChI=1S/C15H28N2O2.C10H13N/c1-3-13-17(4-2)14-9-8-12-16-11-7-5-6-10-15(18)19;1-2-8-11-9-10-6-4-3-5-7-10/h8,11-12H,3-7,9-10,13-14H2,1-2H3,(H,18,19);2-6,8-10H,7H2,1H3/b12-8+,16-11?;8-2+,11-9?. The zero-order chi connectivity index (χ0) is 22.3. The van der Waals surface area contributed by atoms with E-state index in [1.165, 1.54) is 6.42 Å². The first-order valence-electron chi connectivity index (χ1n) is 11.2. The molecule has 1 aliphatic carbocycles. The van der Waals surface area contributed by atoms with E-state index < -0.39 is 5.97 Å². The first kappa shape index (κ1) is 27.7. The number of carbonyl (C=O) groups is 1. The van der Waals surface area contributed by atoms with Crippen LogP contribution < -0.4 is 0 Å². The van der Waals surface area contributed by atoms with Gasteiger partial charge in [-0.25, -0.2) is 0 Å². The molecule has 5 nitrogen and oxygen atoms in total. The van der Waals surface area contributed by atoms with E-state index in [1.807, 2.05) is 37.8 Å². The van der Waals surface area contributed by atoms with Gasteiger partial charge in [-0.2, -0.15) is 0 Å². The van der Waals surface area contributed by atoms with Crippen LogP contribution in [0.25, 0.3) is 0 Å². The minimum absolute atomic E-state index is 0.258. The third-order valence-corrected chi connectivity index (χ3v) is 4.40. The van der Waals surface area contributed by atoms with Crippen molar-refractivity contribution in [1.29, 1.82) is 0 Å². The number of hydrogen-bond acceptors (Lipinski definition) is 4. The summed E-state index contributed by atoms with van der Waals surface area (Å²) >= 11 is 0. The van der Waals surface area contributed by atoms with E-state index >= 15 is 0 Å². The highest BCUT2D eigenvalue weighted by atomic mass is 16.4. The number of carboxylic acids is 1. The second-order valence-electron chi connectivity index (χ2n) is 7.07. The van der Waals surface area contributed by atoms with Crippen LogP contribution in [0.1, 0.15) is 65.7 Å². The Kier molecular flexibility index (Phi) is 19.8. The lowest BCUT2D eigenvalue weighted by Gasteiger charge is -2.17. The summed E-state index contributed by atoms with van der Waals surface area (Å²) in [5.74, 6) is -0.222. The Labute approximate surface area is 183 Å². The molecule has 0 radical (unpaired) electrons. The molecule has 0 spiro atoms. The van der Waals surface area contributed by atoms with Gasteiger partial charge in [0.15, 0.2) is 0 Å². The summed E-state index contributed by atoms with van der Waals surface area (Å²) in [5, 5.41) is 8.47. The molecule has 1 N–H and O–H groups in total. The molecular formula is C25H41N3O2. The average molecular weight is 416 g/mol. The highest BCUT2D eigenvalue weighted by molar-refractivity contribution is 5.66. The smallest absolute Gasteiger partial charge is 0.303 e. The summed E-state index contributed by atoms with van der Waals surface area (Å²) in [6.07, 6.45) is 26.0. The third kappa shape index (κ3) is 19.1. The van der Waals surface area contributed by atoms with Crippen LogP contribution >= 0.6 is 0 Å². The van der Waals surface area contributed by atoms with Crippen molar-refractivity contribution in [2.45, 2.75) is 65.7 Å². The largest absolute Gasteiger partial charge is 0.481 e. The van der Waals surface area contributed by atoms with Crippen molar-refractivity contribution in [3.63, 3.8) is 0 Å². The van der Waals surface area contributed by atoms with Gasteiger partial charge in [0.2, 0.25) is 0 Å². The molecule has 0 amide bonds. The molecule has 0 heterocycles. The maximum absolute atomic E-state index is 10.3. The summed E-state index contributed by atoms with van der Waals surface area (Å²) < 4.78 is 0. The normalized spacial score (nSPS) is 16.3. The number of allylic oxidation sites excluding steroid dienone is 5. The van der Waals surface area contributed by atoms with Crippen LogP contribution in [-0.4, -0.2) is 48.0 Å². The van der Waals surface area contributed by atoms with Crippen LogP contribution in [0.2, 0.25) is 0 Å². The van der Waals surface area contributed by atoms with Crippen molar-refractivity contribution >= 4 is 18.4 Å². The molecule has 1 atom stereocenters. The Bertz CT molecular complexity index is 589. The Morgan fingerprint density at radius 3 is 2.60 bits per heavy atom. The number of hydrogen-bond donors (Lipinski definition) is 1. The first-order valence-corrected chi connectivity index (χ1v) is 11.2. The fraction of sp³-hybridized carbons (Fsp3) is 0.560. The zero-order valence-corrected chi connectivity index (χ0v) is 19.1. The summed E-state index contributed by atoms with van der Waals surface area (Å²) in [4.78, 5) is 21.0. The summed E-state index contributed by atoms with van der Waals surface area (Å²) in [6.45, 7) is 9.72. The molecule has 168 valence electrons. The lowest BCUT2D eigenvalue weighted by molar-refractivity contribution is -0.137. The Morgan fingerprint density at radius 1 is 1.13 bits per heavy atom. The van der Waals surface area contributed by atoms with E-state index in [-0.39, 0.29) is 6.42 Å².